The van der Waals surface area contributed by atoms with Gasteiger partial charge in [0.1, 0.15) is 5.82 Å². The van der Waals surface area contributed by atoms with Gasteiger partial charge in [-0.3, -0.25) is 19.5 Å². The molecule has 6 nitrogen and oxygen atoms in total. The number of aryl methyl sites for hydroxylation is 1. The van der Waals surface area contributed by atoms with Crippen molar-refractivity contribution >= 4 is 22.6 Å². The second-order valence-electron chi connectivity index (χ2n) is 3.69. The molecular formula is C10H7N3O3. The zero-order valence-corrected chi connectivity index (χ0v) is 8.21. The summed E-state index contributed by atoms with van der Waals surface area (Å²) in [5, 5.41) is 10.6. The van der Waals surface area contributed by atoms with Crippen molar-refractivity contribution in [2.24, 2.45) is 0 Å². The fourth-order valence-corrected chi connectivity index (χ4v) is 2.00. The highest BCUT2D eigenvalue weighted by molar-refractivity contribution is 5.94. The maximum absolute atomic E-state index is 11.6. The molecule has 3 rings (SSSR count). The first-order chi connectivity index (χ1) is 7.66. The van der Waals surface area contributed by atoms with Gasteiger partial charge in [-0.1, -0.05) is 0 Å². The monoisotopic (exact) mass is 217 g/mol. The molecule has 0 radical (unpaired) electrons. The molecule has 80 valence electrons. The summed E-state index contributed by atoms with van der Waals surface area (Å²) in [7, 11) is 0. The number of carbonyl (C=O) groups excluding carboxylic acids is 1. The van der Waals surface area contributed by atoms with Crippen molar-refractivity contribution in [1.82, 2.24) is 9.55 Å². The number of hydrogen-bond acceptors (Lipinski definition) is 4. The maximum Gasteiger partial charge on any atom is 0.271 e. The molecule has 0 bridgehead atoms. The van der Waals surface area contributed by atoms with Crippen LogP contribution in [-0.2, 0) is 6.42 Å². The van der Waals surface area contributed by atoms with Crippen molar-refractivity contribution < 1.29 is 9.72 Å². The lowest BCUT2D eigenvalue weighted by Crippen LogP contribution is -2.03. The summed E-state index contributed by atoms with van der Waals surface area (Å²) in [5.74, 6) is 0.651. The second kappa shape index (κ2) is 2.88. The first-order valence-corrected chi connectivity index (χ1v) is 4.86. The van der Waals surface area contributed by atoms with E-state index >= 15 is 0 Å². The Morgan fingerprint density at radius 3 is 2.94 bits per heavy atom. The van der Waals surface area contributed by atoms with Gasteiger partial charge in [-0.05, 0) is 6.07 Å². The molecule has 0 spiro atoms. The van der Waals surface area contributed by atoms with Gasteiger partial charge in [0.15, 0.2) is 0 Å². The van der Waals surface area contributed by atoms with Crippen LogP contribution in [0.2, 0.25) is 0 Å². The number of benzene rings is 1. The number of nitro groups is 1. The second-order valence-corrected chi connectivity index (χ2v) is 3.69. The molecule has 2 heterocycles. The smallest absolute Gasteiger partial charge is 0.271 e. The highest BCUT2D eigenvalue weighted by Gasteiger charge is 2.24. The molecule has 2 aromatic rings. The van der Waals surface area contributed by atoms with Crippen LogP contribution in [0.1, 0.15) is 17.0 Å². The molecule has 1 aromatic carbocycles. The fourth-order valence-electron chi connectivity index (χ4n) is 2.00. The molecule has 16 heavy (non-hydrogen) atoms. The number of imidazole rings is 1. The molecule has 0 N–H and O–H groups in total. The van der Waals surface area contributed by atoms with E-state index in [0.717, 1.165) is 0 Å². The van der Waals surface area contributed by atoms with Gasteiger partial charge >= 0.3 is 0 Å². The molecule has 0 aliphatic carbocycles. The van der Waals surface area contributed by atoms with Gasteiger partial charge in [0.25, 0.3) is 5.69 Å². The standard InChI is InChI=1S/C10H7N3O3/c14-10-4-3-9-11-7-2-1-6(13(15)16)5-8(7)12(9)10/h1-2,5H,3-4H2. The quantitative estimate of drug-likeness (QED) is 0.536. The Bertz CT molecular complexity index is 630. The summed E-state index contributed by atoms with van der Waals surface area (Å²) in [6.45, 7) is 0. The highest BCUT2D eigenvalue weighted by atomic mass is 16.6. The van der Waals surface area contributed by atoms with Crippen LogP contribution in [0.3, 0.4) is 0 Å². The highest BCUT2D eigenvalue weighted by Crippen LogP contribution is 2.25. The van der Waals surface area contributed by atoms with Gasteiger partial charge in [0.2, 0.25) is 5.91 Å². The first-order valence-electron chi connectivity index (χ1n) is 4.86. The van der Waals surface area contributed by atoms with E-state index in [1.54, 1.807) is 6.07 Å². The molecule has 6 heteroatoms. The number of non-ortho nitro benzene ring substituents is 1. The van der Waals surface area contributed by atoms with Crippen molar-refractivity contribution in [2.45, 2.75) is 12.8 Å². The summed E-state index contributed by atoms with van der Waals surface area (Å²) in [5.41, 5.74) is 1.15. The average Bonchev–Trinajstić information content (AvgIpc) is 2.78. The van der Waals surface area contributed by atoms with E-state index in [4.69, 9.17) is 0 Å². The largest absolute Gasteiger partial charge is 0.274 e. The zero-order chi connectivity index (χ0) is 11.3. The fraction of sp³-hybridized carbons (Fsp3) is 0.200. The van der Waals surface area contributed by atoms with Crippen molar-refractivity contribution in [3.63, 3.8) is 0 Å². The van der Waals surface area contributed by atoms with Crippen molar-refractivity contribution in [1.29, 1.82) is 0 Å². The summed E-state index contributed by atoms with van der Waals surface area (Å²) in [4.78, 5) is 26.0. The molecular weight excluding hydrogens is 210 g/mol. The summed E-state index contributed by atoms with van der Waals surface area (Å²) < 4.78 is 1.47. The van der Waals surface area contributed by atoms with E-state index in [9.17, 15) is 14.9 Å². The van der Waals surface area contributed by atoms with Crippen LogP contribution < -0.4 is 0 Å². The predicted octanol–water partition coefficient (Wildman–Crippen LogP) is 1.53. The van der Waals surface area contributed by atoms with Gasteiger partial charge in [-0.15, -0.1) is 0 Å². The zero-order valence-electron chi connectivity index (χ0n) is 8.21. The number of nitro benzene ring substituents is 1. The van der Waals surface area contributed by atoms with Crippen LogP contribution in [0.4, 0.5) is 5.69 Å². The molecule has 1 aromatic heterocycles. The Hall–Kier alpha value is -2.24. The third-order valence-electron chi connectivity index (χ3n) is 2.73. The van der Waals surface area contributed by atoms with Gasteiger partial charge in [0.05, 0.1) is 16.0 Å². The molecule has 0 saturated heterocycles. The minimum Gasteiger partial charge on any atom is -0.274 e. The van der Waals surface area contributed by atoms with Gasteiger partial charge < -0.3 is 0 Å². The summed E-state index contributed by atoms with van der Waals surface area (Å²) in [6.07, 6.45) is 1.04. The Labute approximate surface area is 89.7 Å². The molecule has 1 aliphatic rings. The van der Waals surface area contributed by atoms with Crippen LogP contribution >= 0.6 is 0 Å². The normalized spacial score (nSPS) is 14.4. The Morgan fingerprint density at radius 2 is 2.19 bits per heavy atom. The Morgan fingerprint density at radius 1 is 1.38 bits per heavy atom. The first kappa shape index (κ1) is 9.02. The molecule has 0 atom stereocenters. The maximum atomic E-state index is 11.6. The van der Waals surface area contributed by atoms with E-state index in [-0.39, 0.29) is 11.6 Å². The van der Waals surface area contributed by atoms with Crippen LogP contribution in [0.25, 0.3) is 11.0 Å². The number of nitrogens with zero attached hydrogens (tertiary/aromatic N) is 3. The van der Waals surface area contributed by atoms with Crippen LogP contribution in [0.5, 0.6) is 0 Å². The molecule has 0 fully saturated rings. The number of rotatable bonds is 1. The van der Waals surface area contributed by atoms with Crippen LogP contribution in [0.15, 0.2) is 18.2 Å². The average molecular weight is 217 g/mol. The minimum absolute atomic E-state index is 0.0186. The van der Waals surface area contributed by atoms with E-state index in [1.807, 2.05) is 0 Å². The Balaban J connectivity index is 2.33. The number of carbonyl (C=O) groups is 1. The van der Waals surface area contributed by atoms with Gasteiger partial charge in [-0.25, -0.2) is 4.98 Å². The van der Waals surface area contributed by atoms with Crippen LogP contribution in [-0.4, -0.2) is 20.4 Å². The van der Waals surface area contributed by atoms with E-state index in [1.165, 1.54) is 16.7 Å². The lowest BCUT2D eigenvalue weighted by molar-refractivity contribution is -0.384. The SMILES string of the molecule is O=C1CCc2nc3ccc([N+](=O)[O-])cc3n21. The van der Waals surface area contributed by atoms with Crippen molar-refractivity contribution in [2.75, 3.05) is 0 Å². The summed E-state index contributed by atoms with van der Waals surface area (Å²) >= 11 is 0. The van der Waals surface area contributed by atoms with Gasteiger partial charge in [-0.2, -0.15) is 0 Å². The third-order valence-corrected chi connectivity index (χ3v) is 2.73. The predicted molar refractivity (Wildman–Crippen MR) is 55.3 cm³/mol. The topological polar surface area (TPSA) is 78.0 Å². The third kappa shape index (κ3) is 1.06. The molecule has 0 saturated carbocycles. The van der Waals surface area contributed by atoms with E-state index < -0.39 is 4.92 Å². The number of hydrogen-bond donors (Lipinski definition) is 0. The number of aromatic nitrogens is 2. The van der Waals surface area contributed by atoms with Crippen LogP contribution in [0, 0.1) is 10.1 Å². The van der Waals surface area contributed by atoms with Gasteiger partial charge in [0, 0.05) is 25.0 Å². The van der Waals surface area contributed by atoms with E-state index in [0.29, 0.717) is 29.7 Å². The molecule has 1 aliphatic heterocycles. The lowest BCUT2D eigenvalue weighted by Gasteiger charge is -1.96. The lowest BCUT2D eigenvalue weighted by atomic mass is 10.2. The van der Waals surface area contributed by atoms with E-state index in [2.05, 4.69) is 4.98 Å². The molecule has 0 unspecified atom stereocenters. The molecule has 0 amide bonds. The minimum atomic E-state index is -0.473. The Kier molecular flexibility index (Phi) is 1.62. The van der Waals surface area contributed by atoms with Crippen molar-refractivity contribution in [3.05, 3.63) is 34.1 Å². The summed E-state index contributed by atoms with van der Waals surface area (Å²) in [6, 6.07) is 4.37. The van der Waals surface area contributed by atoms with Crippen molar-refractivity contribution in [3.8, 4) is 0 Å². The number of fused-ring (bicyclic) bond motifs is 3.